The van der Waals surface area contributed by atoms with Crippen LogP contribution >= 0.6 is 0 Å². The number of imidazole rings is 1. The molecular weight excluding hydrogens is 248 g/mol. The summed E-state index contributed by atoms with van der Waals surface area (Å²) >= 11 is 0. The highest BCUT2D eigenvalue weighted by molar-refractivity contribution is 5.28. The zero-order chi connectivity index (χ0) is 13.9. The van der Waals surface area contributed by atoms with Gasteiger partial charge in [-0.1, -0.05) is 29.8 Å². The Bertz CT molecular complexity index is 552. The van der Waals surface area contributed by atoms with Crippen molar-refractivity contribution in [2.45, 2.75) is 13.0 Å². The lowest BCUT2D eigenvalue weighted by molar-refractivity contribution is 0.190. The van der Waals surface area contributed by atoms with Gasteiger partial charge in [-0.3, -0.25) is 4.90 Å². The molecule has 0 aliphatic carbocycles. The Morgan fingerprint density at radius 3 is 2.45 bits per heavy atom. The summed E-state index contributed by atoms with van der Waals surface area (Å²) in [5, 5.41) is 3.42. The summed E-state index contributed by atoms with van der Waals surface area (Å²) in [5.74, 6) is 1.12. The zero-order valence-corrected chi connectivity index (χ0v) is 12.2. The van der Waals surface area contributed by atoms with E-state index in [1.54, 1.807) is 0 Å². The lowest BCUT2D eigenvalue weighted by Gasteiger charge is -2.34. The van der Waals surface area contributed by atoms with Gasteiger partial charge in [0.15, 0.2) is 0 Å². The molecule has 20 heavy (non-hydrogen) atoms. The molecule has 1 saturated heterocycles. The summed E-state index contributed by atoms with van der Waals surface area (Å²) in [7, 11) is 2.08. The van der Waals surface area contributed by atoms with E-state index in [0.717, 1.165) is 32.0 Å². The van der Waals surface area contributed by atoms with Crippen LogP contribution in [0, 0.1) is 6.92 Å². The molecule has 0 saturated carbocycles. The quantitative estimate of drug-likeness (QED) is 0.922. The molecule has 0 spiro atoms. The molecule has 1 aromatic heterocycles. The first-order chi connectivity index (χ1) is 9.75. The fraction of sp³-hybridized carbons (Fsp3) is 0.438. The average molecular weight is 270 g/mol. The molecule has 4 nitrogen and oxygen atoms in total. The standard InChI is InChI=1S/C16H22N4/c1-13-3-5-14(6-4-13)15(16-18-9-10-19(16)2)20-11-7-17-8-12-20/h3-6,9-10,15,17H,7-8,11-12H2,1-2H3. The van der Waals surface area contributed by atoms with E-state index in [9.17, 15) is 0 Å². The van der Waals surface area contributed by atoms with Crippen molar-refractivity contribution in [3.05, 3.63) is 53.6 Å². The molecule has 0 amide bonds. The van der Waals surface area contributed by atoms with E-state index in [4.69, 9.17) is 0 Å². The summed E-state index contributed by atoms with van der Waals surface area (Å²) in [6.07, 6.45) is 3.91. The summed E-state index contributed by atoms with van der Waals surface area (Å²) < 4.78 is 2.13. The third-order valence-corrected chi connectivity index (χ3v) is 4.01. The molecule has 3 rings (SSSR count). The second-order valence-corrected chi connectivity index (χ2v) is 5.50. The van der Waals surface area contributed by atoms with Crippen LogP contribution in [0.15, 0.2) is 36.7 Å². The maximum Gasteiger partial charge on any atom is 0.130 e. The molecule has 1 fully saturated rings. The molecule has 2 heterocycles. The molecular formula is C16H22N4. The minimum Gasteiger partial charge on any atom is -0.336 e. The zero-order valence-electron chi connectivity index (χ0n) is 12.2. The predicted molar refractivity (Wildman–Crippen MR) is 80.7 cm³/mol. The van der Waals surface area contributed by atoms with Crippen LogP contribution in [0.25, 0.3) is 0 Å². The van der Waals surface area contributed by atoms with Crippen molar-refractivity contribution >= 4 is 0 Å². The van der Waals surface area contributed by atoms with E-state index in [0.29, 0.717) is 0 Å². The highest BCUT2D eigenvalue weighted by atomic mass is 15.2. The Morgan fingerprint density at radius 1 is 1.15 bits per heavy atom. The van der Waals surface area contributed by atoms with Crippen molar-refractivity contribution < 1.29 is 0 Å². The number of benzene rings is 1. The fourth-order valence-corrected chi connectivity index (χ4v) is 2.85. The summed E-state index contributed by atoms with van der Waals surface area (Å²) in [4.78, 5) is 7.11. The van der Waals surface area contributed by atoms with Crippen LogP contribution in [-0.2, 0) is 7.05 Å². The van der Waals surface area contributed by atoms with Crippen molar-refractivity contribution in [3.63, 3.8) is 0 Å². The van der Waals surface area contributed by atoms with E-state index < -0.39 is 0 Å². The predicted octanol–water partition coefficient (Wildman–Crippen LogP) is 1.72. The van der Waals surface area contributed by atoms with Gasteiger partial charge in [-0.2, -0.15) is 0 Å². The van der Waals surface area contributed by atoms with Gasteiger partial charge in [0, 0.05) is 45.6 Å². The van der Waals surface area contributed by atoms with Crippen LogP contribution in [0.3, 0.4) is 0 Å². The molecule has 1 aliphatic heterocycles. The van der Waals surface area contributed by atoms with Crippen molar-refractivity contribution in [3.8, 4) is 0 Å². The Morgan fingerprint density at radius 2 is 1.85 bits per heavy atom. The van der Waals surface area contributed by atoms with E-state index in [-0.39, 0.29) is 6.04 Å². The highest BCUT2D eigenvalue weighted by Gasteiger charge is 2.26. The van der Waals surface area contributed by atoms with Gasteiger partial charge in [0.25, 0.3) is 0 Å². The van der Waals surface area contributed by atoms with E-state index in [2.05, 4.69) is 58.0 Å². The highest BCUT2D eigenvalue weighted by Crippen LogP contribution is 2.27. The van der Waals surface area contributed by atoms with Crippen molar-refractivity contribution in [2.75, 3.05) is 26.2 Å². The van der Waals surface area contributed by atoms with Crippen molar-refractivity contribution in [1.82, 2.24) is 19.8 Å². The van der Waals surface area contributed by atoms with Crippen LogP contribution in [0.5, 0.6) is 0 Å². The van der Waals surface area contributed by atoms with E-state index in [1.165, 1.54) is 11.1 Å². The van der Waals surface area contributed by atoms with E-state index in [1.807, 2.05) is 12.4 Å². The lowest BCUT2D eigenvalue weighted by Crippen LogP contribution is -2.46. The first kappa shape index (κ1) is 13.3. The molecule has 1 N–H and O–H groups in total. The van der Waals surface area contributed by atoms with Crippen LogP contribution in [0.2, 0.25) is 0 Å². The van der Waals surface area contributed by atoms with Gasteiger partial charge in [0.1, 0.15) is 5.82 Å². The smallest absolute Gasteiger partial charge is 0.130 e. The molecule has 1 unspecified atom stereocenters. The molecule has 1 atom stereocenters. The fourth-order valence-electron chi connectivity index (χ4n) is 2.85. The number of aryl methyl sites for hydroxylation is 2. The molecule has 2 aromatic rings. The summed E-state index contributed by atoms with van der Waals surface area (Å²) in [6, 6.07) is 9.09. The Kier molecular flexibility index (Phi) is 3.85. The Labute approximate surface area is 120 Å². The van der Waals surface area contributed by atoms with Crippen LogP contribution in [-0.4, -0.2) is 40.6 Å². The molecule has 1 aromatic carbocycles. The van der Waals surface area contributed by atoms with Gasteiger partial charge < -0.3 is 9.88 Å². The van der Waals surface area contributed by atoms with Gasteiger partial charge in [0.2, 0.25) is 0 Å². The maximum atomic E-state index is 4.59. The minimum absolute atomic E-state index is 0.248. The number of piperazine rings is 1. The van der Waals surface area contributed by atoms with Gasteiger partial charge in [0.05, 0.1) is 6.04 Å². The van der Waals surface area contributed by atoms with Gasteiger partial charge in [-0.25, -0.2) is 4.98 Å². The van der Waals surface area contributed by atoms with Gasteiger partial charge in [-0.05, 0) is 12.5 Å². The molecule has 0 radical (unpaired) electrons. The second kappa shape index (κ2) is 5.77. The third kappa shape index (κ3) is 2.62. The SMILES string of the molecule is Cc1ccc(C(c2nccn2C)N2CCNCC2)cc1. The monoisotopic (exact) mass is 270 g/mol. The summed E-state index contributed by atoms with van der Waals surface area (Å²) in [6.45, 7) is 6.35. The topological polar surface area (TPSA) is 33.1 Å². The third-order valence-electron chi connectivity index (χ3n) is 4.01. The number of hydrogen-bond acceptors (Lipinski definition) is 3. The van der Waals surface area contributed by atoms with Crippen LogP contribution in [0.1, 0.15) is 23.0 Å². The first-order valence-electron chi connectivity index (χ1n) is 7.24. The van der Waals surface area contributed by atoms with E-state index >= 15 is 0 Å². The Balaban J connectivity index is 1.98. The normalized spacial score (nSPS) is 18.1. The number of aromatic nitrogens is 2. The molecule has 106 valence electrons. The Hall–Kier alpha value is -1.65. The van der Waals surface area contributed by atoms with Crippen LogP contribution < -0.4 is 5.32 Å². The number of nitrogens with zero attached hydrogens (tertiary/aromatic N) is 3. The summed E-state index contributed by atoms with van der Waals surface area (Å²) in [5.41, 5.74) is 2.62. The largest absolute Gasteiger partial charge is 0.336 e. The number of nitrogens with one attached hydrogen (secondary N) is 1. The second-order valence-electron chi connectivity index (χ2n) is 5.50. The number of rotatable bonds is 3. The van der Waals surface area contributed by atoms with Crippen molar-refractivity contribution in [1.29, 1.82) is 0 Å². The average Bonchev–Trinajstić information content (AvgIpc) is 2.89. The maximum absolute atomic E-state index is 4.59. The molecule has 1 aliphatic rings. The molecule has 0 bridgehead atoms. The minimum atomic E-state index is 0.248. The van der Waals surface area contributed by atoms with Gasteiger partial charge in [-0.15, -0.1) is 0 Å². The number of hydrogen-bond donors (Lipinski definition) is 1. The van der Waals surface area contributed by atoms with Gasteiger partial charge >= 0.3 is 0 Å². The first-order valence-corrected chi connectivity index (χ1v) is 7.24. The lowest BCUT2D eigenvalue weighted by atomic mass is 10.0. The van der Waals surface area contributed by atoms with Crippen molar-refractivity contribution in [2.24, 2.45) is 7.05 Å². The van der Waals surface area contributed by atoms with Crippen LogP contribution in [0.4, 0.5) is 0 Å². The molecule has 4 heteroatoms.